The Morgan fingerprint density at radius 3 is 2.55 bits per heavy atom. The molecule has 0 saturated carbocycles. The highest BCUT2D eigenvalue weighted by atomic mass is 32.2. The largest absolute Gasteiger partial charge is 0.464 e. The molecule has 9 heteroatoms. The molecule has 2 heterocycles. The normalized spacial score (nSPS) is 11.3. The molecule has 0 radical (unpaired) electrons. The number of hydrogen-bond acceptors (Lipinski definition) is 6. The van der Waals surface area contributed by atoms with Gasteiger partial charge in [-0.1, -0.05) is 0 Å². The number of esters is 1. The lowest BCUT2D eigenvalue weighted by Crippen LogP contribution is -2.25. The fraction of sp³-hybridized carbons (Fsp3) is 0.0909. The van der Waals surface area contributed by atoms with Crippen molar-refractivity contribution in [2.45, 2.75) is 0 Å². The zero-order chi connectivity index (χ0) is 14.9. The molecule has 0 fully saturated rings. The molecule has 0 spiro atoms. The highest BCUT2D eigenvalue weighted by Gasteiger charge is 2.23. The Kier molecular flexibility index (Phi) is 3.47. The minimum atomic E-state index is -4.11. The van der Waals surface area contributed by atoms with Gasteiger partial charge in [0.05, 0.1) is 7.11 Å². The number of aromatic nitrogens is 2. The van der Waals surface area contributed by atoms with Gasteiger partial charge < -0.3 is 10.5 Å². The fourth-order valence-electron chi connectivity index (χ4n) is 1.72. The van der Waals surface area contributed by atoms with E-state index in [1.54, 1.807) is 6.07 Å². The number of carbonyl (C=O) groups excluding carboxylic acids is 1. The maximum Gasteiger partial charge on any atom is 0.356 e. The van der Waals surface area contributed by atoms with Gasteiger partial charge in [0.2, 0.25) is 0 Å². The zero-order valence-corrected chi connectivity index (χ0v) is 11.3. The molecular formula is C11H12N4O4S. The van der Waals surface area contributed by atoms with Crippen LogP contribution in [0, 0.1) is 0 Å². The number of ether oxygens (including phenoxy) is 1. The number of nitrogens with zero attached hydrogens (tertiary/aromatic N) is 2. The first-order valence-corrected chi connectivity index (χ1v) is 6.89. The van der Waals surface area contributed by atoms with Gasteiger partial charge in [-0.15, -0.1) is 0 Å². The molecule has 0 aliphatic carbocycles. The van der Waals surface area contributed by atoms with Crippen molar-refractivity contribution in [3.8, 4) is 11.1 Å². The second kappa shape index (κ2) is 4.94. The SMILES string of the molecule is COC(=O)c1c(-c2ccc(N)nc2)ccn1S(N)(=O)=O. The first kappa shape index (κ1) is 14.0. The predicted molar refractivity (Wildman–Crippen MR) is 71.9 cm³/mol. The molecule has 20 heavy (non-hydrogen) atoms. The van der Waals surface area contributed by atoms with Gasteiger partial charge >= 0.3 is 16.2 Å². The van der Waals surface area contributed by atoms with Crippen LogP contribution in [0.15, 0.2) is 30.6 Å². The van der Waals surface area contributed by atoms with E-state index in [0.717, 1.165) is 7.11 Å². The van der Waals surface area contributed by atoms with Crippen LogP contribution in [0.25, 0.3) is 11.1 Å². The molecule has 0 amide bonds. The van der Waals surface area contributed by atoms with Gasteiger partial charge in [0.1, 0.15) is 5.82 Å². The third-order valence-electron chi connectivity index (χ3n) is 2.60. The monoisotopic (exact) mass is 296 g/mol. The number of nitrogen functional groups attached to an aromatic ring is 1. The second-order valence-corrected chi connectivity index (χ2v) is 5.31. The molecule has 0 unspecified atom stereocenters. The summed E-state index contributed by atoms with van der Waals surface area (Å²) < 4.78 is 28.2. The Balaban J connectivity index is 2.68. The molecule has 0 aliphatic rings. The molecule has 2 rings (SSSR count). The lowest BCUT2D eigenvalue weighted by molar-refractivity contribution is 0.0593. The van der Waals surface area contributed by atoms with E-state index < -0.39 is 16.2 Å². The Hall–Kier alpha value is -2.39. The maximum absolute atomic E-state index is 11.8. The molecule has 2 aromatic heterocycles. The van der Waals surface area contributed by atoms with E-state index in [2.05, 4.69) is 9.72 Å². The summed E-state index contributed by atoms with van der Waals surface area (Å²) in [4.78, 5) is 15.7. The summed E-state index contributed by atoms with van der Waals surface area (Å²) in [7, 11) is -2.97. The minimum Gasteiger partial charge on any atom is -0.464 e. The Bertz CT molecular complexity index is 749. The number of methoxy groups -OCH3 is 1. The summed E-state index contributed by atoms with van der Waals surface area (Å²) in [5.74, 6) is -0.518. The Morgan fingerprint density at radius 2 is 2.05 bits per heavy atom. The summed E-state index contributed by atoms with van der Waals surface area (Å²) >= 11 is 0. The third-order valence-corrected chi connectivity index (χ3v) is 3.45. The molecule has 0 atom stereocenters. The van der Waals surface area contributed by atoms with Crippen molar-refractivity contribution in [1.82, 2.24) is 8.96 Å². The van der Waals surface area contributed by atoms with Crippen molar-refractivity contribution in [3.63, 3.8) is 0 Å². The molecule has 0 aromatic carbocycles. The summed E-state index contributed by atoms with van der Waals surface area (Å²) in [5.41, 5.74) is 6.13. The lowest BCUT2D eigenvalue weighted by Gasteiger charge is -2.07. The van der Waals surface area contributed by atoms with Crippen LogP contribution < -0.4 is 10.9 Å². The van der Waals surface area contributed by atoms with Crippen LogP contribution in [0.1, 0.15) is 10.5 Å². The van der Waals surface area contributed by atoms with Crippen molar-refractivity contribution in [2.75, 3.05) is 12.8 Å². The first-order valence-electron chi connectivity index (χ1n) is 5.39. The van der Waals surface area contributed by atoms with E-state index in [4.69, 9.17) is 10.9 Å². The van der Waals surface area contributed by atoms with Gasteiger partial charge in [0, 0.05) is 23.5 Å². The molecule has 0 bridgehead atoms. The number of pyridine rings is 1. The van der Waals surface area contributed by atoms with Gasteiger partial charge in [-0.25, -0.2) is 18.9 Å². The summed E-state index contributed by atoms with van der Waals surface area (Å²) in [6.07, 6.45) is 2.60. The minimum absolute atomic E-state index is 0.193. The third kappa shape index (κ3) is 2.49. The highest BCUT2D eigenvalue weighted by Crippen LogP contribution is 2.26. The van der Waals surface area contributed by atoms with Gasteiger partial charge in [-0.05, 0) is 18.2 Å². The van der Waals surface area contributed by atoms with E-state index in [-0.39, 0.29) is 5.69 Å². The van der Waals surface area contributed by atoms with Gasteiger partial charge in [-0.2, -0.15) is 8.42 Å². The topological polar surface area (TPSA) is 130 Å². The number of anilines is 1. The average molecular weight is 296 g/mol. The van der Waals surface area contributed by atoms with E-state index >= 15 is 0 Å². The van der Waals surface area contributed by atoms with E-state index in [1.807, 2.05) is 0 Å². The van der Waals surface area contributed by atoms with Crippen LogP contribution >= 0.6 is 0 Å². The summed E-state index contributed by atoms with van der Waals surface area (Å²) in [6.45, 7) is 0. The van der Waals surface area contributed by atoms with Gasteiger partial charge in [-0.3, -0.25) is 0 Å². The van der Waals surface area contributed by atoms with E-state index in [0.29, 0.717) is 20.9 Å². The molecule has 2 aromatic rings. The van der Waals surface area contributed by atoms with Crippen LogP contribution in [0.4, 0.5) is 5.82 Å². The van der Waals surface area contributed by atoms with Crippen molar-refractivity contribution in [2.24, 2.45) is 5.14 Å². The number of rotatable bonds is 3. The van der Waals surface area contributed by atoms with E-state index in [1.165, 1.54) is 24.5 Å². The molecule has 0 aliphatic heterocycles. The highest BCUT2D eigenvalue weighted by molar-refractivity contribution is 7.87. The van der Waals surface area contributed by atoms with Crippen LogP contribution in [0.5, 0.6) is 0 Å². The quantitative estimate of drug-likeness (QED) is 0.765. The van der Waals surface area contributed by atoms with Crippen LogP contribution in [-0.4, -0.2) is 30.5 Å². The zero-order valence-electron chi connectivity index (χ0n) is 10.5. The van der Waals surface area contributed by atoms with Crippen molar-refractivity contribution < 1.29 is 17.9 Å². The number of nitrogens with two attached hydrogens (primary N) is 2. The molecular weight excluding hydrogens is 284 g/mol. The smallest absolute Gasteiger partial charge is 0.356 e. The van der Waals surface area contributed by atoms with Crippen LogP contribution in [-0.2, 0) is 14.9 Å². The second-order valence-electron chi connectivity index (χ2n) is 3.88. The number of carbonyl (C=O) groups is 1. The van der Waals surface area contributed by atoms with Crippen molar-refractivity contribution in [1.29, 1.82) is 0 Å². The fourth-order valence-corrected chi connectivity index (χ4v) is 2.38. The standard InChI is InChI=1S/C11H12N4O4S/c1-19-11(16)10-8(4-5-15(10)20(13,17)18)7-2-3-9(12)14-6-7/h2-6H,1H3,(H2,12,14)(H2,13,17,18). The number of hydrogen-bond donors (Lipinski definition) is 2. The first-order chi connectivity index (χ1) is 9.34. The Morgan fingerprint density at radius 1 is 1.35 bits per heavy atom. The lowest BCUT2D eigenvalue weighted by atomic mass is 10.1. The van der Waals surface area contributed by atoms with Crippen LogP contribution in [0.3, 0.4) is 0 Å². The van der Waals surface area contributed by atoms with Crippen molar-refractivity contribution >= 4 is 22.0 Å². The molecule has 106 valence electrons. The van der Waals surface area contributed by atoms with Gasteiger partial charge in [0.25, 0.3) is 0 Å². The summed E-state index contributed by atoms with van der Waals surface area (Å²) in [6, 6.07) is 4.58. The maximum atomic E-state index is 11.8. The Labute approximate surface area is 115 Å². The van der Waals surface area contributed by atoms with Crippen LogP contribution in [0.2, 0.25) is 0 Å². The van der Waals surface area contributed by atoms with Gasteiger partial charge in [0.15, 0.2) is 5.69 Å². The molecule has 0 saturated heterocycles. The molecule has 8 nitrogen and oxygen atoms in total. The summed E-state index contributed by atoms with van der Waals surface area (Å²) in [5, 5.41) is 5.06. The predicted octanol–water partition coefficient (Wildman–Crippen LogP) is -0.0295. The van der Waals surface area contributed by atoms with Crippen molar-refractivity contribution in [3.05, 3.63) is 36.3 Å². The van der Waals surface area contributed by atoms with E-state index in [9.17, 15) is 13.2 Å². The average Bonchev–Trinajstić information content (AvgIpc) is 2.83. The molecule has 4 N–H and O–H groups in total.